The van der Waals surface area contributed by atoms with Gasteiger partial charge in [-0.2, -0.15) is 0 Å². The number of rotatable bonds is 4. The van der Waals surface area contributed by atoms with Crippen LogP contribution in [0, 0.1) is 12.7 Å². The number of carbonyl (C=O) groups excluding carboxylic acids is 1. The Kier molecular flexibility index (Phi) is 4.55. The van der Waals surface area contributed by atoms with Crippen LogP contribution in [0.15, 0.2) is 40.9 Å². The largest absolute Gasteiger partial charge is 0.489 e. The van der Waals surface area contributed by atoms with Crippen molar-refractivity contribution in [1.82, 2.24) is 0 Å². The highest BCUT2D eigenvalue weighted by atomic mass is 79.9. The number of hydrogen-bond donors (Lipinski definition) is 0. The zero-order valence-corrected chi connectivity index (χ0v) is 12.8. The van der Waals surface area contributed by atoms with Gasteiger partial charge in [0.05, 0.1) is 4.47 Å². The van der Waals surface area contributed by atoms with Gasteiger partial charge in [0.1, 0.15) is 18.2 Å². The van der Waals surface area contributed by atoms with Crippen molar-refractivity contribution in [2.24, 2.45) is 0 Å². The molecule has 2 aromatic rings. The topological polar surface area (TPSA) is 26.3 Å². The zero-order valence-electron chi connectivity index (χ0n) is 11.2. The molecular formula is C16H14BrFO2. The molecule has 0 atom stereocenters. The molecule has 20 heavy (non-hydrogen) atoms. The highest BCUT2D eigenvalue weighted by Gasteiger charge is 2.08. The maximum atomic E-state index is 13.4. The lowest BCUT2D eigenvalue weighted by molar-refractivity contribution is 0.101. The Balaban J connectivity index is 2.15. The number of ether oxygens (including phenoxy) is 1. The fourth-order valence-electron chi connectivity index (χ4n) is 1.85. The number of halogens is 2. The predicted molar refractivity (Wildman–Crippen MR) is 79.6 cm³/mol. The molecule has 0 heterocycles. The van der Waals surface area contributed by atoms with Crippen molar-refractivity contribution in [1.29, 1.82) is 0 Å². The standard InChI is InChI=1S/C16H14BrFO2/c1-10-8-12(11(2)19)6-7-15(10)20-9-13-4-3-5-14(18)16(13)17/h3-8H,9H2,1-2H3. The van der Waals surface area contributed by atoms with Crippen molar-refractivity contribution in [2.45, 2.75) is 20.5 Å². The second-order valence-electron chi connectivity index (χ2n) is 4.54. The SMILES string of the molecule is CC(=O)c1ccc(OCc2cccc(F)c2Br)c(C)c1. The van der Waals surface area contributed by atoms with Crippen LogP contribution in [-0.4, -0.2) is 5.78 Å². The van der Waals surface area contributed by atoms with E-state index in [4.69, 9.17) is 4.74 Å². The van der Waals surface area contributed by atoms with Gasteiger partial charge in [-0.1, -0.05) is 12.1 Å². The molecule has 0 aromatic heterocycles. The fraction of sp³-hybridized carbons (Fsp3) is 0.188. The second-order valence-corrected chi connectivity index (χ2v) is 5.33. The first-order valence-electron chi connectivity index (χ1n) is 6.16. The normalized spacial score (nSPS) is 10.4. The van der Waals surface area contributed by atoms with Crippen LogP contribution >= 0.6 is 15.9 Å². The van der Waals surface area contributed by atoms with E-state index >= 15 is 0 Å². The number of benzene rings is 2. The van der Waals surface area contributed by atoms with E-state index in [1.54, 1.807) is 30.3 Å². The van der Waals surface area contributed by atoms with E-state index in [1.807, 2.05) is 6.92 Å². The lowest BCUT2D eigenvalue weighted by atomic mass is 10.1. The lowest BCUT2D eigenvalue weighted by Gasteiger charge is -2.11. The summed E-state index contributed by atoms with van der Waals surface area (Å²) in [7, 11) is 0. The zero-order chi connectivity index (χ0) is 14.7. The van der Waals surface area contributed by atoms with Gasteiger partial charge in [-0.15, -0.1) is 0 Å². The third-order valence-corrected chi connectivity index (χ3v) is 3.88. The molecule has 4 heteroatoms. The summed E-state index contributed by atoms with van der Waals surface area (Å²) >= 11 is 3.20. The van der Waals surface area contributed by atoms with Gasteiger partial charge >= 0.3 is 0 Å². The number of ketones is 1. The summed E-state index contributed by atoms with van der Waals surface area (Å²) in [6.07, 6.45) is 0. The molecule has 104 valence electrons. The van der Waals surface area contributed by atoms with Gasteiger partial charge in [0.2, 0.25) is 0 Å². The summed E-state index contributed by atoms with van der Waals surface area (Å²) in [5, 5.41) is 0. The molecule has 0 spiro atoms. The first-order chi connectivity index (χ1) is 9.49. The van der Waals surface area contributed by atoms with Crippen LogP contribution in [-0.2, 0) is 6.61 Å². The quantitative estimate of drug-likeness (QED) is 0.758. The molecule has 0 bridgehead atoms. The fourth-order valence-corrected chi connectivity index (χ4v) is 2.22. The van der Waals surface area contributed by atoms with Gasteiger partial charge < -0.3 is 4.74 Å². The highest BCUT2D eigenvalue weighted by Crippen LogP contribution is 2.24. The summed E-state index contributed by atoms with van der Waals surface area (Å²) in [5.74, 6) is 0.397. The maximum Gasteiger partial charge on any atom is 0.159 e. The summed E-state index contributed by atoms with van der Waals surface area (Å²) in [5.41, 5.74) is 2.27. The van der Waals surface area contributed by atoms with Crippen molar-refractivity contribution in [3.63, 3.8) is 0 Å². The third-order valence-electron chi connectivity index (χ3n) is 3.00. The Hall–Kier alpha value is -1.68. The van der Waals surface area contributed by atoms with Gasteiger partial charge in [-0.3, -0.25) is 4.79 Å². The number of aryl methyl sites for hydroxylation is 1. The van der Waals surface area contributed by atoms with Gasteiger partial charge in [0.15, 0.2) is 5.78 Å². The van der Waals surface area contributed by atoms with Gasteiger partial charge in [0, 0.05) is 11.1 Å². The van der Waals surface area contributed by atoms with Crippen LogP contribution in [0.2, 0.25) is 0 Å². The molecule has 0 aliphatic heterocycles. The van der Waals surface area contributed by atoms with Crippen molar-refractivity contribution < 1.29 is 13.9 Å². The lowest BCUT2D eigenvalue weighted by Crippen LogP contribution is -2.00. The van der Waals surface area contributed by atoms with Crippen molar-refractivity contribution in [3.8, 4) is 5.75 Å². The highest BCUT2D eigenvalue weighted by molar-refractivity contribution is 9.10. The van der Waals surface area contributed by atoms with Crippen LogP contribution in [0.3, 0.4) is 0 Å². The summed E-state index contributed by atoms with van der Waals surface area (Å²) in [4.78, 5) is 11.3. The molecule has 0 aliphatic carbocycles. The van der Waals surface area contributed by atoms with Crippen molar-refractivity contribution in [2.75, 3.05) is 0 Å². The van der Waals surface area contributed by atoms with Gasteiger partial charge in [-0.25, -0.2) is 4.39 Å². The Morgan fingerprint density at radius 3 is 2.70 bits per heavy atom. The van der Waals surface area contributed by atoms with E-state index in [0.29, 0.717) is 15.8 Å². The summed E-state index contributed by atoms with van der Waals surface area (Å²) in [6.45, 7) is 3.67. The summed E-state index contributed by atoms with van der Waals surface area (Å²) in [6, 6.07) is 10.1. The Morgan fingerprint density at radius 1 is 1.30 bits per heavy atom. The van der Waals surface area contributed by atoms with Crippen molar-refractivity contribution in [3.05, 3.63) is 63.4 Å². The van der Waals surface area contributed by atoms with E-state index in [2.05, 4.69) is 15.9 Å². The van der Waals surface area contributed by atoms with Crippen LogP contribution in [0.5, 0.6) is 5.75 Å². The van der Waals surface area contributed by atoms with Gasteiger partial charge in [-0.05, 0) is 59.6 Å². The number of hydrogen-bond acceptors (Lipinski definition) is 2. The minimum Gasteiger partial charge on any atom is -0.489 e. The molecule has 2 aromatic carbocycles. The minimum atomic E-state index is -0.310. The Morgan fingerprint density at radius 2 is 2.05 bits per heavy atom. The first-order valence-corrected chi connectivity index (χ1v) is 6.95. The van der Waals surface area contributed by atoms with Gasteiger partial charge in [0.25, 0.3) is 0 Å². The first kappa shape index (κ1) is 14.7. The molecule has 0 radical (unpaired) electrons. The van der Waals surface area contributed by atoms with E-state index in [0.717, 1.165) is 11.1 Å². The summed E-state index contributed by atoms with van der Waals surface area (Å²) < 4.78 is 19.5. The van der Waals surface area contributed by atoms with Crippen LogP contribution < -0.4 is 4.74 Å². The second kappa shape index (κ2) is 6.18. The smallest absolute Gasteiger partial charge is 0.159 e. The third kappa shape index (κ3) is 3.25. The molecule has 0 N–H and O–H groups in total. The molecule has 2 nitrogen and oxygen atoms in total. The monoisotopic (exact) mass is 336 g/mol. The molecule has 0 saturated carbocycles. The molecule has 0 amide bonds. The average Bonchev–Trinajstić information content (AvgIpc) is 2.41. The molecule has 0 unspecified atom stereocenters. The maximum absolute atomic E-state index is 13.4. The molecule has 2 rings (SSSR count). The Labute approximate surface area is 125 Å². The number of Topliss-reactive ketones (excluding diaryl/α,β-unsaturated/α-hetero) is 1. The van der Waals surface area contributed by atoms with Crippen molar-refractivity contribution >= 4 is 21.7 Å². The minimum absolute atomic E-state index is 0.0209. The van der Waals surface area contributed by atoms with Crippen LogP contribution in [0.25, 0.3) is 0 Å². The Bertz CT molecular complexity index is 653. The van der Waals surface area contributed by atoms with E-state index in [9.17, 15) is 9.18 Å². The molecule has 0 fully saturated rings. The van der Waals surface area contributed by atoms with E-state index < -0.39 is 0 Å². The number of carbonyl (C=O) groups is 1. The average molecular weight is 337 g/mol. The molecule has 0 saturated heterocycles. The molecule has 0 aliphatic rings. The van der Waals surface area contributed by atoms with E-state index in [-0.39, 0.29) is 18.2 Å². The van der Waals surface area contributed by atoms with Crippen LogP contribution in [0.4, 0.5) is 4.39 Å². The van der Waals surface area contributed by atoms with E-state index in [1.165, 1.54) is 13.0 Å². The molecular weight excluding hydrogens is 323 g/mol. The predicted octanol–water partition coefficient (Wildman–Crippen LogP) is 4.68. The van der Waals surface area contributed by atoms with Crippen LogP contribution in [0.1, 0.15) is 28.4 Å².